The van der Waals surface area contributed by atoms with Crippen LogP contribution in [0, 0.1) is 11.7 Å². The fourth-order valence-corrected chi connectivity index (χ4v) is 2.53. The molecular formula is C13H18FN. The summed E-state index contributed by atoms with van der Waals surface area (Å²) >= 11 is 0. The van der Waals surface area contributed by atoms with Crippen molar-refractivity contribution in [2.45, 2.75) is 25.7 Å². The van der Waals surface area contributed by atoms with Gasteiger partial charge in [-0.2, -0.15) is 0 Å². The normalized spacial score (nSPS) is 25.7. The molecular weight excluding hydrogens is 189 g/mol. The van der Waals surface area contributed by atoms with Crippen LogP contribution in [0.2, 0.25) is 0 Å². The molecule has 0 aromatic heterocycles. The van der Waals surface area contributed by atoms with E-state index in [0.717, 1.165) is 18.7 Å². The van der Waals surface area contributed by atoms with Crippen LogP contribution in [-0.2, 0) is 0 Å². The van der Waals surface area contributed by atoms with Crippen LogP contribution in [0.25, 0.3) is 0 Å². The standard InChI is InChI=1S/C13H18FN/c1-2-4-11-8-15-9-13(11)10-5-3-6-12(14)7-10/h3,5-7,11,13,15H,2,4,8-9H2,1H3/t11-,13-/m0/s1. The van der Waals surface area contributed by atoms with Crippen molar-refractivity contribution in [2.75, 3.05) is 13.1 Å². The second-order valence-corrected chi connectivity index (χ2v) is 4.37. The smallest absolute Gasteiger partial charge is 0.123 e. The maximum absolute atomic E-state index is 13.1. The Morgan fingerprint density at radius 2 is 2.27 bits per heavy atom. The number of hydrogen-bond donors (Lipinski definition) is 1. The Labute approximate surface area is 90.7 Å². The first kappa shape index (κ1) is 10.6. The van der Waals surface area contributed by atoms with Gasteiger partial charge in [0.2, 0.25) is 0 Å². The molecule has 0 unspecified atom stereocenters. The van der Waals surface area contributed by atoms with Gasteiger partial charge in [0.1, 0.15) is 5.82 Å². The average Bonchev–Trinajstić information content (AvgIpc) is 2.66. The maximum atomic E-state index is 13.1. The fourth-order valence-electron chi connectivity index (χ4n) is 2.53. The van der Waals surface area contributed by atoms with Gasteiger partial charge in [-0.3, -0.25) is 0 Å². The summed E-state index contributed by atoms with van der Waals surface area (Å²) in [5.74, 6) is 1.06. The average molecular weight is 207 g/mol. The summed E-state index contributed by atoms with van der Waals surface area (Å²) in [5.41, 5.74) is 1.15. The highest BCUT2D eigenvalue weighted by Gasteiger charge is 2.27. The van der Waals surface area contributed by atoms with Crippen molar-refractivity contribution >= 4 is 0 Å². The van der Waals surface area contributed by atoms with E-state index in [1.54, 1.807) is 6.07 Å². The molecule has 0 aliphatic carbocycles. The van der Waals surface area contributed by atoms with Crippen molar-refractivity contribution < 1.29 is 4.39 Å². The zero-order valence-electron chi connectivity index (χ0n) is 9.17. The van der Waals surface area contributed by atoms with Gasteiger partial charge in [-0.1, -0.05) is 25.5 Å². The number of rotatable bonds is 3. The lowest BCUT2D eigenvalue weighted by molar-refractivity contribution is 0.472. The molecule has 2 atom stereocenters. The minimum Gasteiger partial charge on any atom is -0.316 e. The highest BCUT2D eigenvalue weighted by molar-refractivity contribution is 5.23. The number of nitrogens with one attached hydrogen (secondary N) is 1. The Morgan fingerprint density at radius 3 is 3.00 bits per heavy atom. The molecule has 1 fully saturated rings. The monoisotopic (exact) mass is 207 g/mol. The molecule has 0 radical (unpaired) electrons. The Kier molecular flexibility index (Phi) is 3.37. The summed E-state index contributed by atoms with van der Waals surface area (Å²) in [4.78, 5) is 0. The van der Waals surface area contributed by atoms with E-state index in [0.29, 0.717) is 11.8 Å². The van der Waals surface area contributed by atoms with Crippen LogP contribution < -0.4 is 5.32 Å². The van der Waals surface area contributed by atoms with Crippen LogP contribution in [0.15, 0.2) is 24.3 Å². The first-order valence-electron chi connectivity index (χ1n) is 5.77. The Hall–Kier alpha value is -0.890. The summed E-state index contributed by atoms with van der Waals surface area (Å²) in [5, 5.41) is 3.40. The molecule has 2 rings (SSSR count). The molecule has 1 saturated heterocycles. The Morgan fingerprint density at radius 1 is 1.40 bits per heavy atom. The Balaban J connectivity index is 2.15. The van der Waals surface area contributed by atoms with Crippen molar-refractivity contribution in [3.63, 3.8) is 0 Å². The summed E-state index contributed by atoms with van der Waals surface area (Å²) in [6.45, 7) is 4.28. The zero-order chi connectivity index (χ0) is 10.7. The van der Waals surface area contributed by atoms with Crippen molar-refractivity contribution in [1.29, 1.82) is 0 Å². The van der Waals surface area contributed by atoms with Crippen LogP contribution >= 0.6 is 0 Å². The van der Waals surface area contributed by atoms with Crippen molar-refractivity contribution in [3.8, 4) is 0 Å². The van der Waals surface area contributed by atoms with E-state index in [2.05, 4.69) is 12.2 Å². The number of benzene rings is 1. The zero-order valence-corrected chi connectivity index (χ0v) is 9.17. The lowest BCUT2D eigenvalue weighted by Gasteiger charge is -2.18. The van der Waals surface area contributed by atoms with E-state index in [9.17, 15) is 4.39 Å². The van der Waals surface area contributed by atoms with E-state index in [1.165, 1.54) is 18.9 Å². The Bertz CT molecular complexity index is 324. The van der Waals surface area contributed by atoms with Gasteiger partial charge < -0.3 is 5.32 Å². The van der Waals surface area contributed by atoms with E-state index in [4.69, 9.17) is 0 Å². The lowest BCUT2D eigenvalue weighted by Crippen LogP contribution is -2.10. The molecule has 0 spiro atoms. The highest BCUT2D eigenvalue weighted by atomic mass is 19.1. The van der Waals surface area contributed by atoms with Gasteiger partial charge in [-0.05, 0) is 36.6 Å². The summed E-state index contributed by atoms with van der Waals surface area (Å²) in [6, 6.07) is 7.05. The molecule has 1 aliphatic rings. The van der Waals surface area contributed by atoms with Gasteiger partial charge in [-0.25, -0.2) is 4.39 Å². The quantitative estimate of drug-likeness (QED) is 0.803. The van der Waals surface area contributed by atoms with Crippen LogP contribution in [-0.4, -0.2) is 13.1 Å². The lowest BCUT2D eigenvalue weighted by atomic mass is 9.86. The van der Waals surface area contributed by atoms with E-state index in [-0.39, 0.29) is 5.82 Å². The van der Waals surface area contributed by atoms with Gasteiger partial charge in [0.15, 0.2) is 0 Å². The predicted molar refractivity (Wildman–Crippen MR) is 60.4 cm³/mol. The summed E-state index contributed by atoms with van der Waals surface area (Å²) in [6.07, 6.45) is 2.44. The molecule has 1 N–H and O–H groups in total. The first-order chi connectivity index (χ1) is 7.31. The molecule has 1 aliphatic heterocycles. The van der Waals surface area contributed by atoms with E-state index >= 15 is 0 Å². The molecule has 0 saturated carbocycles. The predicted octanol–water partition coefficient (Wildman–Crippen LogP) is 2.93. The summed E-state index contributed by atoms with van der Waals surface area (Å²) < 4.78 is 13.1. The van der Waals surface area contributed by atoms with Crippen molar-refractivity contribution in [2.24, 2.45) is 5.92 Å². The largest absolute Gasteiger partial charge is 0.316 e. The van der Waals surface area contributed by atoms with Crippen molar-refractivity contribution in [3.05, 3.63) is 35.6 Å². The second-order valence-electron chi connectivity index (χ2n) is 4.37. The molecule has 1 aromatic rings. The third-order valence-corrected chi connectivity index (χ3v) is 3.28. The van der Waals surface area contributed by atoms with Gasteiger partial charge in [0, 0.05) is 12.5 Å². The molecule has 0 bridgehead atoms. The third-order valence-electron chi connectivity index (χ3n) is 3.28. The molecule has 15 heavy (non-hydrogen) atoms. The first-order valence-corrected chi connectivity index (χ1v) is 5.77. The molecule has 1 nitrogen and oxygen atoms in total. The maximum Gasteiger partial charge on any atom is 0.123 e. The second kappa shape index (κ2) is 4.75. The van der Waals surface area contributed by atoms with Gasteiger partial charge in [-0.15, -0.1) is 0 Å². The van der Waals surface area contributed by atoms with Gasteiger partial charge in [0.05, 0.1) is 0 Å². The minimum absolute atomic E-state index is 0.116. The molecule has 1 heterocycles. The van der Waals surface area contributed by atoms with Gasteiger partial charge in [0.25, 0.3) is 0 Å². The topological polar surface area (TPSA) is 12.0 Å². The third kappa shape index (κ3) is 2.37. The minimum atomic E-state index is -0.116. The van der Waals surface area contributed by atoms with Crippen LogP contribution in [0.5, 0.6) is 0 Å². The van der Waals surface area contributed by atoms with E-state index in [1.807, 2.05) is 12.1 Å². The SMILES string of the molecule is CCC[C@H]1CNC[C@H]1c1cccc(F)c1. The fraction of sp³-hybridized carbons (Fsp3) is 0.538. The molecule has 1 aromatic carbocycles. The highest BCUT2D eigenvalue weighted by Crippen LogP contribution is 2.31. The van der Waals surface area contributed by atoms with E-state index < -0.39 is 0 Å². The van der Waals surface area contributed by atoms with Crippen LogP contribution in [0.1, 0.15) is 31.2 Å². The van der Waals surface area contributed by atoms with Crippen LogP contribution in [0.3, 0.4) is 0 Å². The molecule has 82 valence electrons. The van der Waals surface area contributed by atoms with Gasteiger partial charge >= 0.3 is 0 Å². The summed E-state index contributed by atoms with van der Waals surface area (Å²) in [7, 11) is 0. The number of hydrogen-bond acceptors (Lipinski definition) is 1. The molecule has 0 amide bonds. The van der Waals surface area contributed by atoms with Crippen LogP contribution in [0.4, 0.5) is 4.39 Å². The molecule has 2 heteroatoms. The number of halogens is 1. The van der Waals surface area contributed by atoms with Crippen molar-refractivity contribution in [1.82, 2.24) is 5.32 Å².